The molecule has 0 saturated heterocycles. The van der Waals surface area contributed by atoms with E-state index in [0.717, 1.165) is 16.9 Å². The molecule has 0 unspecified atom stereocenters. The van der Waals surface area contributed by atoms with Gasteiger partial charge in [0.15, 0.2) is 0 Å². The Morgan fingerprint density at radius 1 is 1.37 bits per heavy atom. The summed E-state index contributed by atoms with van der Waals surface area (Å²) in [5.41, 5.74) is 1.29. The van der Waals surface area contributed by atoms with E-state index in [1.165, 1.54) is 7.11 Å². The molecule has 0 atom stereocenters. The lowest BCUT2D eigenvalue weighted by molar-refractivity contribution is -0.254. The number of carbonyl (C=O) groups is 2. The smallest absolute Gasteiger partial charge is 0.348 e. The second-order valence-corrected chi connectivity index (χ2v) is 5.52. The molecule has 1 aromatic heterocycles. The van der Waals surface area contributed by atoms with Crippen LogP contribution in [0.1, 0.15) is 31.2 Å². The van der Waals surface area contributed by atoms with Gasteiger partial charge in [-0.2, -0.15) is 0 Å². The Balaban J connectivity index is 2.98. The second-order valence-electron chi connectivity index (χ2n) is 4.09. The first-order valence-electron chi connectivity index (χ1n) is 5.40. The Morgan fingerprint density at radius 3 is 2.53 bits per heavy atom. The minimum Gasteiger partial charge on any atom is -0.545 e. The molecule has 19 heavy (non-hydrogen) atoms. The molecule has 0 spiro atoms. The monoisotopic (exact) mass is 297 g/mol. The topological polar surface area (TPSA) is 66.4 Å². The molecule has 2 aromatic rings. The minimum absolute atomic E-state index is 0.0333. The van der Waals surface area contributed by atoms with Gasteiger partial charge in [0, 0.05) is 20.7 Å². The standard InChI is InChI=1S/C13H11ClO4S/c1-5-4-7(14)6(2)8-9(12(15)16)11(13(17)18-3)19-10(5)8/h4H,1-3H3,(H,15,16)/p-1. The van der Waals surface area contributed by atoms with E-state index in [4.69, 9.17) is 11.6 Å². The number of fused-ring (bicyclic) bond motifs is 1. The molecule has 2 rings (SSSR count). The SMILES string of the molecule is COC(=O)c1sc2c(C)cc(Cl)c(C)c2c1C(=O)[O-]. The number of methoxy groups -OCH3 is 1. The fourth-order valence-electron chi connectivity index (χ4n) is 1.98. The fourth-order valence-corrected chi connectivity index (χ4v) is 3.47. The average molecular weight is 298 g/mol. The van der Waals surface area contributed by atoms with E-state index in [9.17, 15) is 14.7 Å². The molecule has 0 fully saturated rings. The zero-order valence-electron chi connectivity index (χ0n) is 10.5. The molecule has 100 valence electrons. The highest BCUT2D eigenvalue weighted by Crippen LogP contribution is 2.38. The largest absolute Gasteiger partial charge is 0.545 e. The number of thiophene rings is 1. The van der Waals surface area contributed by atoms with Crippen LogP contribution in [-0.4, -0.2) is 19.0 Å². The fraction of sp³-hybridized carbons (Fsp3) is 0.231. The Bertz CT molecular complexity index is 702. The zero-order valence-corrected chi connectivity index (χ0v) is 12.1. The Labute approximate surface area is 118 Å². The quantitative estimate of drug-likeness (QED) is 0.798. The van der Waals surface area contributed by atoms with Gasteiger partial charge >= 0.3 is 5.97 Å². The molecular weight excluding hydrogens is 288 g/mol. The minimum atomic E-state index is -1.41. The summed E-state index contributed by atoms with van der Waals surface area (Å²) >= 11 is 7.15. The number of benzene rings is 1. The lowest BCUT2D eigenvalue weighted by Crippen LogP contribution is -2.24. The summed E-state index contributed by atoms with van der Waals surface area (Å²) in [6.07, 6.45) is 0. The molecule has 6 heteroatoms. The van der Waals surface area contributed by atoms with E-state index in [2.05, 4.69) is 4.74 Å². The van der Waals surface area contributed by atoms with Crippen LogP contribution in [0, 0.1) is 13.8 Å². The van der Waals surface area contributed by atoms with Gasteiger partial charge in [-0.05, 0) is 31.0 Å². The third-order valence-electron chi connectivity index (χ3n) is 2.92. The molecule has 0 aliphatic heterocycles. The van der Waals surface area contributed by atoms with E-state index < -0.39 is 11.9 Å². The molecule has 1 aromatic carbocycles. The molecule has 1 heterocycles. The number of hydrogen-bond acceptors (Lipinski definition) is 5. The molecular formula is C13H10ClO4S-. The van der Waals surface area contributed by atoms with E-state index in [1.807, 2.05) is 6.92 Å². The number of carboxylic acids is 1. The van der Waals surface area contributed by atoms with Crippen molar-refractivity contribution >= 4 is 45.0 Å². The number of carboxylic acid groups (broad SMARTS) is 1. The van der Waals surface area contributed by atoms with Gasteiger partial charge in [0.05, 0.1) is 13.1 Å². The maximum absolute atomic E-state index is 11.7. The van der Waals surface area contributed by atoms with Crippen molar-refractivity contribution in [3.8, 4) is 0 Å². The second kappa shape index (κ2) is 4.83. The third-order valence-corrected chi connectivity index (χ3v) is 4.62. The van der Waals surface area contributed by atoms with Gasteiger partial charge in [0.2, 0.25) is 0 Å². The summed E-state index contributed by atoms with van der Waals surface area (Å²) in [5.74, 6) is -2.09. The summed E-state index contributed by atoms with van der Waals surface area (Å²) in [7, 11) is 1.21. The Hall–Kier alpha value is -1.59. The molecule has 0 N–H and O–H groups in total. The number of hydrogen-bond donors (Lipinski definition) is 0. The summed E-state index contributed by atoms with van der Waals surface area (Å²) in [6.45, 7) is 3.52. The number of halogens is 1. The molecule has 0 aliphatic rings. The van der Waals surface area contributed by atoms with E-state index in [0.29, 0.717) is 20.7 Å². The van der Waals surface area contributed by atoms with Crippen molar-refractivity contribution in [3.63, 3.8) is 0 Å². The first-order valence-corrected chi connectivity index (χ1v) is 6.59. The van der Waals surface area contributed by atoms with Crippen molar-refractivity contribution in [2.45, 2.75) is 13.8 Å². The van der Waals surface area contributed by atoms with E-state index >= 15 is 0 Å². The van der Waals surface area contributed by atoms with Crippen molar-refractivity contribution in [2.75, 3.05) is 7.11 Å². The van der Waals surface area contributed by atoms with Gasteiger partial charge < -0.3 is 14.6 Å². The number of aryl methyl sites for hydroxylation is 2. The van der Waals surface area contributed by atoms with Crippen molar-refractivity contribution in [3.05, 3.63) is 32.7 Å². The van der Waals surface area contributed by atoms with Gasteiger partial charge in [-0.25, -0.2) is 4.79 Å². The van der Waals surface area contributed by atoms with Gasteiger partial charge in [0.25, 0.3) is 0 Å². The molecule has 0 aliphatic carbocycles. The van der Waals surface area contributed by atoms with Crippen molar-refractivity contribution in [1.29, 1.82) is 0 Å². The molecule has 0 radical (unpaired) electrons. The van der Waals surface area contributed by atoms with Crippen molar-refractivity contribution in [1.82, 2.24) is 0 Å². The highest BCUT2D eigenvalue weighted by atomic mass is 35.5. The maximum Gasteiger partial charge on any atom is 0.348 e. The van der Waals surface area contributed by atoms with Crippen LogP contribution in [0.2, 0.25) is 5.02 Å². The zero-order chi connectivity index (χ0) is 14.3. The van der Waals surface area contributed by atoms with Crippen LogP contribution in [-0.2, 0) is 4.74 Å². The predicted molar refractivity (Wildman–Crippen MR) is 72.0 cm³/mol. The molecule has 4 nitrogen and oxygen atoms in total. The summed E-state index contributed by atoms with van der Waals surface area (Å²) < 4.78 is 5.32. The van der Waals surface area contributed by atoms with Crippen LogP contribution in [0.25, 0.3) is 10.1 Å². The Kier molecular flexibility index (Phi) is 3.52. The van der Waals surface area contributed by atoms with Crippen LogP contribution >= 0.6 is 22.9 Å². The first kappa shape index (κ1) is 13.8. The number of ether oxygens (including phenoxy) is 1. The number of rotatable bonds is 2. The van der Waals surface area contributed by atoms with Crippen LogP contribution in [0.4, 0.5) is 0 Å². The maximum atomic E-state index is 11.7. The highest BCUT2D eigenvalue weighted by Gasteiger charge is 2.23. The van der Waals surface area contributed by atoms with Crippen LogP contribution in [0.3, 0.4) is 0 Å². The van der Waals surface area contributed by atoms with Gasteiger partial charge in [-0.3, -0.25) is 0 Å². The summed E-state index contributed by atoms with van der Waals surface area (Å²) in [4.78, 5) is 23.1. The van der Waals surface area contributed by atoms with Crippen molar-refractivity contribution < 1.29 is 19.4 Å². The highest BCUT2D eigenvalue weighted by molar-refractivity contribution is 7.21. The van der Waals surface area contributed by atoms with E-state index in [1.54, 1.807) is 13.0 Å². The Morgan fingerprint density at radius 2 is 2.00 bits per heavy atom. The van der Waals surface area contributed by atoms with Crippen molar-refractivity contribution in [2.24, 2.45) is 0 Å². The third kappa shape index (κ3) is 2.09. The molecule has 0 saturated carbocycles. The van der Waals surface area contributed by atoms with Crippen LogP contribution in [0.15, 0.2) is 6.07 Å². The summed E-state index contributed by atoms with van der Waals surface area (Å²) in [6, 6.07) is 1.75. The number of aromatic carboxylic acids is 1. The van der Waals surface area contributed by atoms with Gasteiger partial charge in [0.1, 0.15) is 4.88 Å². The van der Waals surface area contributed by atoms with Gasteiger partial charge in [-0.1, -0.05) is 11.6 Å². The molecule has 0 amide bonds. The average Bonchev–Trinajstić information content (AvgIpc) is 2.76. The lowest BCUT2D eigenvalue weighted by atomic mass is 10.0. The normalized spacial score (nSPS) is 10.7. The summed E-state index contributed by atoms with van der Waals surface area (Å²) in [5, 5.41) is 12.3. The van der Waals surface area contributed by atoms with E-state index in [-0.39, 0.29) is 10.4 Å². The number of carbonyl (C=O) groups excluding carboxylic acids is 2. The molecule has 0 bridgehead atoms. The van der Waals surface area contributed by atoms with Crippen LogP contribution < -0.4 is 5.11 Å². The number of esters is 1. The lowest BCUT2D eigenvalue weighted by Gasteiger charge is -2.08. The van der Waals surface area contributed by atoms with Crippen LogP contribution in [0.5, 0.6) is 0 Å². The van der Waals surface area contributed by atoms with Gasteiger partial charge in [-0.15, -0.1) is 11.3 Å². The predicted octanol–water partition coefficient (Wildman–Crippen LogP) is 2.32. The first-order chi connectivity index (χ1) is 8.88.